The number of carbonyl (C=O) groups excluding carboxylic acids is 1. The molecule has 2 aliphatic carbocycles. The zero-order valence-corrected chi connectivity index (χ0v) is 30.9. The first-order valence-electron chi connectivity index (χ1n) is 17.9. The zero-order valence-electron chi connectivity index (χ0n) is 29.3. The molecular weight excluding hydrogens is 688 g/mol. The molecule has 9 nitrogen and oxygen atoms in total. The van der Waals surface area contributed by atoms with Crippen molar-refractivity contribution in [3.63, 3.8) is 0 Å². The number of carbonyl (C=O) groups is 1. The van der Waals surface area contributed by atoms with Gasteiger partial charge in [0, 0.05) is 41.0 Å². The number of aromatic nitrogens is 1. The van der Waals surface area contributed by atoms with Crippen molar-refractivity contribution in [3.8, 4) is 16.9 Å². The Bertz CT molecular complexity index is 1630. The summed E-state index contributed by atoms with van der Waals surface area (Å²) in [4.78, 5) is 20.2. The predicted molar refractivity (Wildman–Crippen MR) is 201 cm³/mol. The van der Waals surface area contributed by atoms with Crippen molar-refractivity contribution < 1.29 is 35.1 Å². The maximum absolute atomic E-state index is 13.2. The summed E-state index contributed by atoms with van der Waals surface area (Å²) in [5, 5.41) is 50.4. The van der Waals surface area contributed by atoms with E-state index in [2.05, 4.69) is 41.9 Å². The van der Waals surface area contributed by atoms with E-state index in [0.717, 1.165) is 70.9 Å². The number of para-hydroxylation sites is 1. The number of pyridine rings is 1. The number of hydrogen-bond donors (Lipinski definition) is 5. The SMILES string of the molecule is C=C(C)CCCN(CCCSc1ccc(Cl)c(CCC2(c3cnccc3-c3ccccc3OC3CC3)CC2)c1)C(=O)[C@@H](O)[C@@H](O)[C@H](O)[C@@H](O)CO. The Labute approximate surface area is 310 Å². The smallest absolute Gasteiger partial charge is 0.254 e. The van der Waals surface area contributed by atoms with Gasteiger partial charge < -0.3 is 35.2 Å². The maximum Gasteiger partial charge on any atom is 0.254 e. The number of thioether (sulfide) groups is 1. The van der Waals surface area contributed by atoms with Crippen molar-refractivity contribution in [3.05, 3.63) is 89.2 Å². The largest absolute Gasteiger partial charge is 0.490 e. The van der Waals surface area contributed by atoms with Gasteiger partial charge in [0.15, 0.2) is 6.10 Å². The molecule has 3 aromatic rings. The van der Waals surface area contributed by atoms with Crippen molar-refractivity contribution in [2.45, 2.75) is 106 Å². The summed E-state index contributed by atoms with van der Waals surface area (Å²) in [5.41, 5.74) is 5.65. The average Bonchev–Trinajstić information content (AvgIpc) is 4.09. The first-order chi connectivity index (χ1) is 24.5. The molecule has 0 aliphatic heterocycles. The lowest BCUT2D eigenvalue weighted by atomic mass is 9.85. The van der Waals surface area contributed by atoms with Gasteiger partial charge in [0.2, 0.25) is 0 Å². The Kier molecular flexibility index (Phi) is 14.0. The van der Waals surface area contributed by atoms with Crippen LogP contribution in [0.1, 0.15) is 69.4 Å². The molecule has 0 unspecified atom stereocenters. The summed E-state index contributed by atoms with van der Waals surface area (Å²) in [6.45, 7) is 5.66. The fourth-order valence-corrected chi connectivity index (χ4v) is 7.54. The van der Waals surface area contributed by atoms with E-state index in [-0.39, 0.29) is 5.41 Å². The Morgan fingerprint density at radius 3 is 2.51 bits per heavy atom. The van der Waals surface area contributed by atoms with Crippen LogP contribution in [0.4, 0.5) is 0 Å². The molecule has 2 saturated carbocycles. The minimum absolute atomic E-state index is 0.0350. The number of nitrogens with zero attached hydrogens (tertiary/aromatic N) is 2. The predicted octanol–water partition coefficient (Wildman–Crippen LogP) is 5.71. The summed E-state index contributed by atoms with van der Waals surface area (Å²) in [7, 11) is 0. The van der Waals surface area contributed by atoms with Crippen molar-refractivity contribution in [1.29, 1.82) is 0 Å². The number of rotatable bonds is 21. The normalized spacial score (nSPS) is 17.3. The van der Waals surface area contributed by atoms with Crippen LogP contribution in [0.15, 0.2) is 78.0 Å². The molecule has 4 atom stereocenters. The molecule has 5 rings (SSSR count). The van der Waals surface area contributed by atoms with Gasteiger partial charge in [-0.25, -0.2) is 0 Å². The lowest BCUT2D eigenvalue weighted by molar-refractivity contribution is -0.158. The minimum Gasteiger partial charge on any atom is -0.490 e. The van der Waals surface area contributed by atoms with E-state index in [9.17, 15) is 25.2 Å². The van der Waals surface area contributed by atoms with Gasteiger partial charge in [-0.2, -0.15) is 0 Å². The highest BCUT2D eigenvalue weighted by atomic mass is 35.5. The van der Waals surface area contributed by atoms with Gasteiger partial charge >= 0.3 is 0 Å². The van der Waals surface area contributed by atoms with Crippen LogP contribution >= 0.6 is 23.4 Å². The molecule has 0 saturated heterocycles. The molecule has 51 heavy (non-hydrogen) atoms. The van der Waals surface area contributed by atoms with Crippen LogP contribution in [0, 0.1) is 0 Å². The van der Waals surface area contributed by atoms with Gasteiger partial charge in [0.05, 0.1) is 12.7 Å². The fraction of sp³-hybridized carbons (Fsp3) is 0.500. The number of allylic oxidation sites excluding steroid dienone is 1. The highest BCUT2D eigenvalue weighted by molar-refractivity contribution is 7.99. The summed E-state index contributed by atoms with van der Waals surface area (Å²) in [5.74, 6) is 0.888. The first-order valence-corrected chi connectivity index (χ1v) is 19.3. The summed E-state index contributed by atoms with van der Waals surface area (Å²) >= 11 is 8.39. The number of amides is 1. The van der Waals surface area contributed by atoms with E-state index in [0.29, 0.717) is 44.2 Å². The van der Waals surface area contributed by atoms with E-state index in [4.69, 9.17) is 21.4 Å². The summed E-state index contributed by atoms with van der Waals surface area (Å²) in [6, 6.07) is 16.5. The number of hydrogen-bond acceptors (Lipinski definition) is 9. The van der Waals surface area contributed by atoms with Crippen LogP contribution in [0.2, 0.25) is 5.02 Å². The number of ether oxygens (including phenoxy) is 1. The molecule has 1 amide bonds. The third-order valence-electron chi connectivity index (χ3n) is 9.82. The quantitative estimate of drug-likeness (QED) is 0.0528. The topological polar surface area (TPSA) is 144 Å². The van der Waals surface area contributed by atoms with Crippen LogP contribution in [-0.4, -0.2) is 97.3 Å². The third kappa shape index (κ3) is 10.6. The second kappa shape index (κ2) is 18.2. The Hall–Kier alpha value is -2.96. The molecule has 1 heterocycles. The maximum atomic E-state index is 13.2. The monoisotopic (exact) mass is 738 g/mol. The van der Waals surface area contributed by atoms with Crippen LogP contribution in [0.3, 0.4) is 0 Å². The number of halogens is 1. The lowest BCUT2D eigenvalue weighted by Gasteiger charge is -2.30. The van der Waals surface area contributed by atoms with E-state index in [1.54, 1.807) is 11.8 Å². The van der Waals surface area contributed by atoms with Crippen LogP contribution in [0.5, 0.6) is 5.75 Å². The average molecular weight is 739 g/mol. The fourth-order valence-electron chi connectivity index (χ4n) is 6.43. The van der Waals surface area contributed by atoms with Crippen molar-refractivity contribution in [2.75, 3.05) is 25.4 Å². The lowest BCUT2D eigenvalue weighted by Crippen LogP contribution is -2.53. The highest BCUT2D eigenvalue weighted by Crippen LogP contribution is 2.55. The Morgan fingerprint density at radius 1 is 1.06 bits per heavy atom. The molecule has 2 aromatic carbocycles. The summed E-state index contributed by atoms with van der Waals surface area (Å²) in [6.07, 6.45) is 4.87. The van der Waals surface area contributed by atoms with Crippen molar-refractivity contribution in [1.82, 2.24) is 9.88 Å². The Balaban J connectivity index is 1.19. The van der Waals surface area contributed by atoms with E-state index >= 15 is 0 Å². The summed E-state index contributed by atoms with van der Waals surface area (Å²) < 4.78 is 6.28. The van der Waals surface area contributed by atoms with E-state index in [1.807, 2.05) is 37.5 Å². The second-order valence-electron chi connectivity index (χ2n) is 14.0. The van der Waals surface area contributed by atoms with Gasteiger partial charge in [-0.05, 0) is 123 Å². The molecule has 2 fully saturated rings. The number of aliphatic hydroxyl groups excluding tert-OH is 5. The molecule has 276 valence electrons. The van der Waals surface area contributed by atoms with E-state index in [1.165, 1.54) is 16.0 Å². The van der Waals surface area contributed by atoms with Gasteiger partial charge in [-0.1, -0.05) is 35.4 Å². The number of aryl methyl sites for hydroxylation is 1. The first kappa shape index (κ1) is 39.3. The third-order valence-corrected chi connectivity index (χ3v) is 11.3. The van der Waals surface area contributed by atoms with Gasteiger partial charge in [0.1, 0.15) is 24.1 Å². The molecule has 1 aromatic heterocycles. The zero-order chi connectivity index (χ0) is 36.5. The van der Waals surface area contributed by atoms with Crippen molar-refractivity contribution in [2.24, 2.45) is 0 Å². The van der Waals surface area contributed by atoms with Crippen LogP contribution in [0.25, 0.3) is 11.1 Å². The minimum atomic E-state index is -1.94. The molecule has 0 spiro atoms. The number of aliphatic hydroxyl groups is 5. The van der Waals surface area contributed by atoms with Gasteiger partial charge in [-0.3, -0.25) is 9.78 Å². The van der Waals surface area contributed by atoms with Crippen LogP contribution in [-0.2, 0) is 16.6 Å². The molecule has 2 aliphatic rings. The highest BCUT2D eigenvalue weighted by Gasteiger charge is 2.45. The molecule has 5 N–H and O–H groups in total. The molecular formula is C40H51ClN2O7S. The van der Waals surface area contributed by atoms with Gasteiger partial charge in [0.25, 0.3) is 5.91 Å². The van der Waals surface area contributed by atoms with Gasteiger partial charge in [-0.15, -0.1) is 18.3 Å². The number of benzene rings is 2. The van der Waals surface area contributed by atoms with Crippen LogP contribution < -0.4 is 4.74 Å². The van der Waals surface area contributed by atoms with Crippen molar-refractivity contribution >= 4 is 29.3 Å². The molecule has 11 heteroatoms. The second-order valence-corrected chi connectivity index (χ2v) is 15.6. The Morgan fingerprint density at radius 2 is 1.80 bits per heavy atom. The standard InChI is InChI=1S/C40H51ClN2O7S/c1-26(2)7-5-20-43(39(49)38(48)37(47)36(46)34(45)25-44)21-6-22-51-29-12-13-33(41)27(23-29)14-16-40(17-18-40)32-24-42-19-15-30(32)31-8-3-4-9-35(31)50-28-10-11-28/h3-4,8-9,12-13,15,19,23-24,28,34,36-38,44-48H,1,5-7,10-11,14,16-18,20-22,25H2,2H3/t34-,36+,37-,38-/m0/s1. The molecule has 0 bridgehead atoms. The molecule has 0 radical (unpaired) electrons. The van der Waals surface area contributed by atoms with E-state index < -0.39 is 36.9 Å².